The van der Waals surface area contributed by atoms with E-state index < -0.39 is 5.91 Å². The Morgan fingerprint density at radius 2 is 1.82 bits per heavy atom. The Labute approximate surface area is 131 Å². The van der Waals surface area contributed by atoms with Crippen LogP contribution < -0.4 is 10.6 Å². The number of piperidine rings is 1. The molecule has 1 aromatic heterocycles. The third kappa shape index (κ3) is 3.58. The van der Waals surface area contributed by atoms with Crippen molar-refractivity contribution < 1.29 is 9.53 Å². The Bertz CT molecular complexity index is 506. The number of anilines is 1. The molecule has 2 fully saturated rings. The molecule has 3 rings (SSSR count). The van der Waals surface area contributed by atoms with E-state index in [1.165, 1.54) is 32.1 Å². The molecular formula is C17H25N3O2. The number of carbonyl (C=O) groups is 1. The zero-order valence-electron chi connectivity index (χ0n) is 13.0. The van der Waals surface area contributed by atoms with Crippen LogP contribution in [-0.4, -0.2) is 36.2 Å². The van der Waals surface area contributed by atoms with Crippen molar-refractivity contribution >= 4 is 11.6 Å². The molecule has 0 spiro atoms. The molecule has 0 radical (unpaired) electrons. The molecule has 120 valence electrons. The lowest BCUT2D eigenvalue weighted by Crippen LogP contribution is -2.39. The Balaban J connectivity index is 1.56. The number of nitrogens with two attached hydrogens (primary N) is 1. The van der Waals surface area contributed by atoms with Gasteiger partial charge in [0.05, 0.1) is 23.5 Å². The number of nitrogens with zero attached hydrogens (tertiary/aromatic N) is 2. The van der Waals surface area contributed by atoms with Crippen molar-refractivity contribution in [1.82, 2.24) is 4.98 Å². The summed E-state index contributed by atoms with van der Waals surface area (Å²) in [6, 6.07) is 1.88. The highest BCUT2D eigenvalue weighted by Gasteiger charge is 2.25. The summed E-state index contributed by atoms with van der Waals surface area (Å²) in [6.45, 7) is 1.81. The summed E-state index contributed by atoms with van der Waals surface area (Å²) in [5, 5.41) is 0. The van der Waals surface area contributed by atoms with Gasteiger partial charge in [0.1, 0.15) is 0 Å². The molecule has 2 aliphatic rings. The van der Waals surface area contributed by atoms with Crippen LogP contribution >= 0.6 is 0 Å². The Kier molecular flexibility index (Phi) is 4.93. The van der Waals surface area contributed by atoms with Crippen LogP contribution in [0.2, 0.25) is 0 Å². The quantitative estimate of drug-likeness (QED) is 0.928. The predicted molar refractivity (Wildman–Crippen MR) is 85.9 cm³/mol. The maximum atomic E-state index is 11.5. The molecule has 0 aromatic carbocycles. The number of amides is 1. The number of hydrogen-bond donors (Lipinski definition) is 1. The predicted octanol–water partition coefficient (Wildman–Crippen LogP) is 2.50. The molecule has 22 heavy (non-hydrogen) atoms. The third-order valence-electron chi connectivity index (χ3n) is 4.78. The first-order chi connectivity index (χ1) is 10.7. The highest BCUT2D eigenvalue weighted by molar-refractivity contribution is 5.98. The zero-order chi connectivity index (χ0) is 15.4. The van der Waals surface area contributed by atoms with Crippen molar-refractivity contribution in [2.24, 2.45) is 5.73 Å². The SMILES string of the molecule is NC(=O)c1cnccc1N1CCC(OC2CCCCC2)CC1. The summed E-state index contributed by atoms with van der Waals surface area (Å²) in [4.78, 5) is 17.7. The number of aromatic nitrogens is 1. The van der Waals surface area contributed by atoms with Crippen LogP contribution in [0.3, 0.4) is 0 Å². The van der Waals surface area contributed by atoms with Gasteiger partial charge in [0.15, 0.2) is 0 Å². The van der Waals surface area contributed by atoms with E-state index in [9.17, 15) is 4.79 Å². The van der Waals surface area contributed by atoms with Gasteiger partial charge in [-0.15, -0.1) is 0 Å². The molecule has 1 saturated carbocycles. The van der Waals surface area contributed by atoms with E-state index in [1.807, 2.05) is 6.07 Å². The summed E-state index contributed by atoms with van der Waals surface area (Å²) in [5.41, 5.74) is 6.85. The molecule has 0 unspecified atom stereocenters. The highest BCUT2D eigenvalue weighted by Crippen LogP contribution is 2.27. The topological polar surface area (TPSA) is 68.5 Å². The molecule has 2 heterocycles. The fourth-order valence-corrected chi connectivity index (χ4v) is 3.56. The number of pyridine rings is 1. The lowest BCUT2D eigenvalue weighted by atomic mass is 9.97. The lowest BCUT2D eigenvalue weighted by Gasteiger charge is -2.36. The van der Waals surface area contributed by atoms with Gasteiger partial charge < -0.3 is 15.4 Å². The highest BCUT2D eigenvalue weighted by atomic mass is 16.5. The van der Waals surface area contributed by atoms with Crippen molar-refractivity contribution in [2.45, 2.75) is 57.2 Å². The fourth-order valence-electron chi connectivity index (χ4n) is 3.56. The molecular weight excluding hydrogens is 278 g/mol. The maximum Gasteiger partial charge on any atom is 0.252 e. The van der Waals surface area contributed by atoms with Crippen LogP contribution in [0.1, 0.15) is 55.3 Å². The number of rotatable bonds is 4. The van der Waals surface area contributed by atoms with E-state index in [-0.39, 0.29) is 0 Å². The van der Waals surface area contributed by atoms with E-state index in [0.717, 1.165) is 31.6 Å². The average Bonchev–Trinajstić information content (AvgIpc) is 2.56. The summed E-state index contributed by atoms with van der Waals surface area (Å²) in [7, 11) is 0. The minimum atomic E-state index is -0.413. The third-order valence-corrected chi connectivity index (χ3v) is 4.78. The molecule has 5 heteroatoms. The molecule has 0 atom stereocenters. The van der Waals surface area contributed by atoms with Gasteiger partial charge in [0.2, 0.25) is 0 Å². The minimum Gasteiger partial charge on any atom is -0.375 e. The van der Waals surface area contributed by atoms with Gasteiger partial charge in [-0.3, -0.25) is 9.78 Å². The summed E-state index contributed by atoms with van der Waals surface area (Å²) in [6.07, 6.45) is 12.5. The Morgan fingerprint density at radius 3 is 2.50 bits per heavy atom. The maximum absolute atomic E-state index is 11.5. The van der Waals surface area contributed by atoms with Crippen molar-refractivity contribution in [1.29, 1.82) is 0 Å². The largest absolute Gasteiger partial charge is 0.375 e. The number of ether oxygens (including phenoxy) is 1. The standard InChI is InChI=1S/C17H25N3O2/c18-17(21)15-12-19-9-6-16(15)20-10-7-14(8-11-20)22-13-4-2-1-3-5-13/h6,9,12-14H,1-5,7-8,10-11H2,(H2,18,21). The van der Waals surface area contributed by atoms with Gasteiger partial charge in [-0.05, 0) is 31.7 Å². The smallest absolute Gasteiger partial charge is 0.252 e. The second-order valence-corrected chi connectivity index (χ2v) is 6.34. The van der Waals surface area contributed by atoms with Gasteiger partial charge in [0, 0.05) is 25.5 Å². The molecule has 1 amide bonds. The van der Waals surface area contributed by atoms with Crippen molar-refractivity contribution in [3.05, 3.63) is 24.0 Å². The zero-order valence-corrected chi connectivity index (χ0v) is 13.0. The van der Waals surface area contributed by atoms with E-state index in [2.05, 4.69) is 9.88 Å². The molecule has 1 saturated heterocycles. The Morgan fingerprint density at radius 1 is 1.14 bits per heavy atom. The molecule has 0 bridgehead atoms. The van der Waals surface area contributed by atoms with E-state index in [4.69, 9.17) is 10.5 Å². The van der Waals surface area contributed by atoms with Gasteiger partial charge in [-0.2, -0.15) is 0 Å². The van der Waals surface area contributed by atoms with E-state index in [1.54, 1.807) is 12.4 Å². The summed E-state index contributed by atoms with van der Waals surface area (Å²) < 4.78 is 6.26. The van der Waals surface area contributed by atoms with Crippen LogP contribution in [0.4, 0.5) is 5.69 Å². The van der Waals surface area contributed by atoms with Crippen molar-refractivity contribution in [3.63, 3.8) is 0 Å². The van der Waals surface area contributed by atoms with Crippen LogP contribution in [-0.2, 0) is 4.74 Å². The van der Waals surface area contributed by atoms with Crippen LogP contribution in [0.25, 0.3) is 0 Å². The number of primary amides is 1. The molecule has 1 aromatic rings. The monoisotopic (exact) mass is 303 g/mol. The molecule has 1 aliphatic carbocycles. The van der Waals surface area contributed by atoms with Crippen LogP contribution in [0.5, 0.6) is 0 Å². The molecule has 1 aliphatic heterocycles. The van der Waals surface area contributed by atoms with Gasteiger partial charge in [-0.25, -0.2) is 0 Å². The van der Waals surface area contributed by atoms with E-state index >= 15 is 0 Å². The van der Waals surface area contributed by atoms with Crippen LogP contribution in [0, 0.1) is 0 Å². The normalized spacial score (nSPS) is 21.0. The van der Waals surface area contributed by atoms with Crippen molar-refractivity contribution in [3.8, 4) is 0 Å². The first-order valence-electron chi connectivity index (χ1n) is 8.38. The first kappa shape index (κ1) is 15.3. The van der Waals surface area contributed by atoms with Gasteiger partial charge in [0.25, 0.3) is 5.91 Å². The lowest BCUT2D eigenvalue weighted by molar-refractivity contribution is -0.0395. The van der Waals surface area contributed by atoms with Gasteiger partial charge >= 0.3 is 0 Å². The Hall–Kier alpha value is -1.62. The average molecular weight is 303 g/mol. The van der Waals surface area contributed by atoms with Gasteiger partial charge in [-0.1, -0.05) is 19.3 Å². The van der Waals surface area contributed by atoms with Crippen LogP contribution in [0.15, 0.2) is 18.5 Å². The minimum absolute atomic E-state index is 0.359. The number of hydrogen-bond acceptors (Lipinski definition) is 4. The van der Waals surface area contributed by atoms with E-state index in [0.29, 0.717) is 17.8 Å². The van der Waals surface area contributed by atoms with Crippen molar-refractivity contribution in [2.75, 3.05) is 18.0 Å². The summed E-state index contributed by atoms with van der Waals surface area (Å²) in [5.74, 6) is -0.413. The summed E-state index contributed by atoms with van der Waals surface area (Å²) >= 11 is 0. The number of carbonyl (C=O) groups excluding carboxylic acids is 1. The fraction of sp³-hybridized carbons (Fsp3) is 0.647. The second-order valence-electron chi connectivity index (χ2n) is 6.34. The first-order valence-corrected chi connectivity index (χ1v) is 8.38. The molecule has 5 nitrogen and oxygen atoms in total. The second kappa shape index (κ2) is 7.09. The molecule has 2 N–H and O–H groups in total.